The molecule has 0 heterocycles. The van der Waals surface area contributed by atoms with Gasteiger partial charge in [0.2, 0.25) is 0 Å². The zero-order valence-electron chi connectivity index (χ0n) is 12.4. The van der Waals surface area contributed by atoms with E-state index in [-0.39, 0.29) is 5.82 Å². The van der Waals surface area contributed by atoms with Crippen LogP contribution < -0.4 is 0 Å². The van der Waals surface area contributed by atoms with E-state index in [4.69, 9.17) is 0 Å². The fourth-order valence-corrected chi connectivity index (χ4v) is 3.05. The molecular formula is C17H17FN2S. The normalized spacial score (nSPS) is 10.7. The van der Waals surface area contributed by atoms with Crippen LogP contribution in [0.5, 0.6) is 0 Å². The third-order valence-electron chi connectivity index (χ3n) is 3.06. The minimum absolute atomic E-state index is 0.276. The summed E-state index contributed by atoms with van der Waals surface area (Å²) in [6, 6.07) is 13.2. The highest BCUT2D eigenvalue weighted by molar-refractivity contribution is 7.99. The molecule has 0 aliphatic rings. The van der Waals surface area contributed by atoms with Gasteiger partial charge in [-0.1, -0.05) is 30.0 Å². The molecule has 0 unspecified atom stereocenters. The molecule has 2 nitrogen and oxygen atoms in total. The van der Waals surface area contributed by atoms with E-state index in [0.717, 1.165) is 17.0 Å². The second-order valence-electron chi connectivity index (χ2n) is 5.16. The second-order valence-corrected chi connectivity index (χ2v) is 6.24. The van der Waals surface area contributed by atoms with Gasteiger partial charge in [0.15, 0.2) is 0 Å². The fraction of sp³-hybridized carbons (Fsp3) is 0.235. The predicted molar refractivity (Wildman–Crippen MR) is 83.8 cm³/mol. The molecule has 21 heavy (non-hydrogen) atoms. The molecule has 0 bridgehead atoms. The Morgan fingerprint density at radius 1 is 1.19 bits per heavy atom. The molecule has 0 aromatic heterocycles. The van der Waals surface area contributed by atoms with E-state index in [9.17, 15) is 9.65 Å². The van der Waals surface area contributed by atoms with Crippen LogP contribution in [0.2, 0.25) is 0 Å². The molecule has 0 atom stereocenters. The van der Waals surface area contributed by atoms with E-state index >= 15 is 0 Å². The van der Waals surface area contributed by atoms with Crippen molar-refractivity contribution in [2.45, 2.75) is 23.3 Å². The van der Waals surface area contributed by atoms with E-state index < -0.39 is 0 Å². The first-order valence-corrected chi connectivity index (χ1v) is 7.43. The zero-order valence-corrected chi connectivity index (χ0v) is 13.2. The first-order chi connectivity index (χ1) is 10.0. The number of benzene rings is 2. The van der Waals surface area contributed by atoms with Crippen LogP contribution in [-0.2, 0) is 6.54 Å². The molecule has 0 fully saturated rings. The SMILES string of the molecule is Cc1cc(C#N)c(Sc2ccccc2CN(C)C)cc1F. The molecule has 108 valence electrons. The molecule has 0 aliphatic heterocycles. The lowest BCUT2D eigenvalue weighted by Crippen LogP contribution is -2.11. The number of nitriles is 1. The van der Waals surface area contributed by atoms with Gasteiger partial charge in [-0.05, 0) is 50.3 Å². The minimum atomic E-state index is -0.276. The van der Waals surface area contributed by atoms with Gasteiger partial charge in [-0.15, -0.1) is 0 Å². The third kappa shape index (κ3) is 3.84. The lowest BCUT2D eigenvalue weighted by molar-refractivity contribution is 0.399. The maximum absolute atomic E-state index is 13.8. The molecule has 2 rings (SSSR count). The Morgan fingerprint density at radius 2 is 1.90 bits per heavy atom. The lowest BCUT2D eigenvalue weighted by Gasteiger charge is -2.14. The monoisotopic (exact) mass is 300 g/mol. The summed E-state index contributed by atoms with van der Waals surface area (Å²) >= 11 is 1.44. The van der Waals surface area contributed by atoms with Crippen molar-refractivity contribution in [1.29, 1.82) is 5.26 Å². The molecule has 0 radical (unpaired) electrons. The van der Waals surface area contributed by atoms with Crippen molar-refractivity contribution in [3.63, 3.8) is 0 Å². The van der Waals surface area contributed by atoms with Gasteiger partial charge in [-0.3, -0.25) is 0 Å². The summed E-state index contributed by atoms with van der Waals surface area (Å²) in [4.78, 5) is 3.79. The summed E-state index contributed by atoms with van der Waals surface area (Å²) in [7, 11) is 4.02. The Labute approximate surface area is 129 Å². The Balaban J connectivity index is 2.39. The average Bonchev–Trinajstić information content (AvgIpc) is 2.44. The van der Waals surface area contributed by atoms with E-state index in [1.54, 1.807) is 13.0 Å². The van der Waals surface area contributed by atoms with Crippen LogP contribution in [0.1, 0.15) is 16.7 Å². The Kier molecular flexibility index (Phi) is 5.00. The van der Waals surface area contributed by atoms with Crippen molar-refractivity contribution in [2.75, 3.05) is 14.1 Å². The van der Waals surface area contributed by atoms with Gasteiger partial charge in [0.1, 0.15) is 11.9 Å². The standard InChI is InChI=1S/C17H17FN2S/c1-12-8-14(10-19)17(9-15(12)18)21-16-7-5-4-6-13(16)11-20(2)3/h4-9H,11H2,1-3H3. The molecule has 0 spiro atoms. The zero-order chi connectivity index (χ0) is 15.4. The number of nitrogens with zero attached hydrogens (tertiary/aromatic N) is 2. The largest absolute Gasteiger partial charge is 0.305 e. The molecule has 2 aromatic rings. The maximum Gasteiger partial charge on any atom is 0.127 e. The number of hydrogen-bond acceptors (Lipinski definition) is 3. The number of rotatable bonds is 4. The van der Waals surface area contributed by atoms with E-state index in [0.29, 0.717) is 16.0 Å². The minimum Gasteiger partial charge on any atom is -0.305 e. The summed E-state index contributed by atoms with van der Waals surface area (Å²) in [5, 5.41) is 9.23. The van der Waals surface area contributed by atoms with Crippen molar-refractivity contribution in [1.82, 2.24) is 4.90 Å². The second kappa shape index (κ2) is 6.75. The number of hydrogen-bond donors (Lipinski definition) is 0. The highest BCUT2D eigenvalue weighted by Crippen LogP contribution is 2.34. The Hall–Kier alpha value is -1.83. The summed E-state index contributed by atoms with van der Waals surface area (Å²) in [5.41, 5.74) is 2.17. The smallest absolute Gasteiger partial charge is 0.127 e. The summed E-state index contributed by atoms with van der Waals surface area (Å²) in [6.45, 7) is 2.48. The molecule has 0 saturated carbocycles. The van der Waals surface area contributed by atoms with Crippen molar-refractivity contribution in [3.05, 3.63) is 58.9 Å². The molecule has 0 aliphatic carbocycles. The van der Waals surface area contributed by atoms with Crippen LogP contribution in [0, 0.1) is 24.1 Å². The van der Waals surface area contributed by atoms with Gasteiger partial charge in [-0.25, -0.2) is 4.39 Å². The quantitative estimate of drug-likeness (QED) is 0.846. The molecule has 0 saturated heterocycles. The first-order valence-electron chi connectivity index (χ1n) is 6.62. The van der Waals surface area contributed by atoms with Gasteiger partial charge >= 0.3 is 0 Å². The highest BCUT2D eigenvalue weighted by atomic mass is 32.2. The molecular weight excluding hydrogens is 283 g/mol. The van der Waals surface area contributed by atoms with Crippen molar-refractivity contribution in [3.8, 4) is 6.07 Å². The molecule has 2 aromatic carbocycles. The van der Waals surface area contributed by atoms with Crippen LogP contribution in [-0.4, -0.2) is 19.0 Å². The molecule has 0 amide bonds. The van der Waals surface area contributed by atoms with Crippen LogP contribution in [0.4, 0.5) is 4.39 Å². The third-order valence-corrected chi connectivity index (χ3v) is 4.24. The van der Waals surface area contributed by atoms with Gasteiger partial charge < -0.3 is 4.90 Å². The average molecular weight is 300 g/mol. The van der Waals surface area contributed by atoms with E-state index in [1.807, 2.05) is 32.3 Å². The summed E-state index contributed by atoms with van der Waals surface area (Å²) in [6.07, 6.45) is 0. The van der Waals surface area contributed by atoms with Gasteiger partial charge in [0.25, 0.3) is 0 Å². The van der Waals surface area contributed by atoms with Gasteiger partial charge in [-0.2, -0.15) is 5.26 Å². The fourth-order valence-electron chi connectivity index (χ4n) is 2.03. The number of aryl methyl sites for hydroxylation is 1. The summed E-state index contributed by atoms with van der Waals surface area (Å²) < 4.78 is 13.8. The van der Waals surface area contributed by atoms with Gasteiger partial charge in [0.05, 0.1) is 5.56 Å². The number of halogens is 1. The Bertz CT molecular complexity index is 690. The molecule has 4 heteroatoms. The van der Waals surface area contributed by atoms with E-state index in [1.165, 1.54) is 17.8 Å². The Morgan fingerprint density at radius 3 is 2.57 bits per heavy atom. The first kappa shape index (κ1) is 15.6. The topological polar surface area (TPSA) is 27.0 Å². The van der Waals surface area contributed by atoms with Gasteiger partial charge in [0, 0.05) is 16.3 Å². The van der Waals surface area contributed by atoms with Crippen molar-refractivity contribution in [2.24, 2.45) is 0 Å². The van der Waals surface area contributed by atoms with Crippen molar-refractivity contribution >= 4 is 11.8 Å². The van der Waals surface area contributed by atoms with Crippen LogP contribution in [0.15, 0.2) is 46.2 Å². The van der Waals surface area contributed by atoms with Crippen molar-refractivity contribution < 1.29 is 4.39 Å². The maximum atomic E-state index is 13.8. The van der Waals surface area contributed by atoms with E-state index in [2.05, 4.69) is 17.0 Å². The van der Waals surface area contributed by atoms with Crippen LogP contribution in [0.3, 0.4) is 0 Å². The summed E-state index contributed by atoms with van der Waals surface area (Å²) in [5.74, 6) is -0.276. The lowest BCUT2D eigenvalue weighted by atomic mass is 10.1. The van der Waals surface area contributed by atoms with Crippen LogP contribution >= 0.6 is 11.8 Å². The highest BCUT2D eigenvalue weighted by Gasteiger charge is 2.11. The van der Waals surface area contributed by atoms with Crippen LogP contribution in [0.25, 0.3) is 0 Å². The predicted octanol–water partition coefficient (Wildman–Crippen LogP) is 4.22. The molecule has 0 N–H and O–H groups in total.